The van der Waals surface area contributed by atoms with Gasteiger partial charge in [0.1, 0.15) is 5.70 Å². The topological polar surface area (TPSA) is 99.0 Å². The van der Waals surface area contributed by atoms with E-state index < -0.39 is 28.4 Å². The summed E-state index contributed by atoms with van der Waals surface area (Å²) in [7, 11) is 2.25. The van der Waals surface area contributed by atoms with Gasteiger partial charge in [0, 0.05) is 12.3 Å². The van der Waals surface area contributed by atoms with Gasteiger partial charge in [-0.15, -0.1) is 0 Å². The molecule has 1 aromatic rings. The van der Waals surface area contributed by atoms with E-state index in [-0.39, 0.29) is 22.5 Å². The molecule has 0 N–H and O–H groups in total. The summed E-state index contributed by atoms with van der Waals surface area (Å²) in [6.45, 7) is 1.45. The van der Waals surface area contributed by atoms with Crippen molar-refractivity contribution < 1.29 is 28.4 Å². The van der Waals surface area contributed by atoms with Crippen LogP contribution in [0.15, 0.2) is 47.8 Å². The number of anilines is 1. The molecule has 0 saturated heterocycles. The largest absolute Gasteiger partial charge is 0.465 e. The molecule has 1 aromatic carbocycles. The van der Waals surface area contributed by atoms with Crippen LogP contribution >= 0.6 is 0 Å². The molecule has 136 valence electrons. The van der Waals surface area contributed by atoms with Gasteiger partial charge in [-0.3, -0.25) is 10.1 Å². The smallest absolute Gasteiger partial charge is 0.355 e. The molecule has 0 amide bonds. The molecule has 8 nitrogen and oxygen atoms in total. The zero-order valence-corrected chi connectivity index (χ0v) is 14.2. The summed E-state index contributed by atoms with van der Waals surface area (Å²) in [5.41, 5.74) is -0.801. The number of nitro groups is 1. The van der Waals surface area contributed by atoms with Crippen LogP contribution in [-0.4, -0.2) is 31.1 Å². The number of non-ortho nitro benzene ring substituents is 1. The molecule has 0 spiro atoms. The minimum absolute atomic E-state index is 0.127. The molecule has 9 heteroatoms. The van der Waals surface area contributed by atoms with Gasteiger partial charge in [0.15, 0.2) is 5.82 Å². The third-order valence-corrected chi connectivity index (χ3v) is 3.58. The predicted molar refractivity (Wildman–Crippen MR) is 89.6 cm³/mol. The number of benzene rings is 1. The zero-order valence-electron chi connectivity index (χ0n) is 14.2. The highest BCUT2D eigenvalue weighted by molar-refractivity contribution is 6.05. The number of halogens is 1. The number of hydrogen-bond acceptors (Lipinski definition) is 7. The van der Waals surface area contributed by atoms with E-state index in [2.05, 4.69) is 4.74 Å². The summed E-state index contributed by atoms with van der Waals surface area (Å²) in [4.78, 5) is 35.6. The quantitative estimate of drug-likeness (QED) is 0.461. The third-order valence-electron chi connectivity index (χ3n) is 3.58. The van der Waals surface area contributed by atoms with E-state index in [1.165, 1.54) is 31.4 Å². The van der Waals surface area contributed by atoms with Crippen molar-refractivity contribution in [2.24, 2.45) is 0 Å². The first-order chi connectivity index (χ1) is 12.3. The monoisotopic (exact) mass is 362 g/mol. The number of methoxy groups -OCH3 is 2. The minimum Gasteiger partial charge on any atom is -0.465 e. The lowest BCUT2D eigenvalue weighted by molar-refractivity contribution is -0.385. The van der Waals surface area contributed by atoms with Crippen LogP contribution < -0.4 is 4.90 Å². The molecule has 0 aromatic heterocycles. The van der Waals surface area contributed by atoms with Crippen molar-refractivity contribution in [2.75, 3.05) is 19.1 Å². The molecular formula is C17H15FN2O6. The van der Waals surface area contributed by atoms with Crippen molar-refractivity contribution in [1.82, 2.24) is 0 Å². The van der Waals surface area contributed by atoms with Crippen LogP contribution in [0.1, 0.15) is 5.56 Å². The average molecular weight is 362 g/mol. The second kappa shape index (κ2) is 7.60. The molecule has 0 unspecified atom stereocenters. The maximum atomic E-state index is 14.6. The fourth-order valence-corrected chi connectivity index (χ4v) is 2.47. The summed E-state index contributed by atoms with van der Waals surface area (Å²) in [6.07, 6.45) is 5.61. The van der Waals surface area contributed by atoms with Crippen molar-refractivity contribution >= 4 is 23.3 Å². The Morgan fingerprint density at radius 3 is 2.35 bits per heavy atom. The molecule has 0 atom stereocenters. The normalized spacial score (nSPS) is 13.5. The van der Waals surface area contributed by atoms with E-state index in [9.17, 15) is 24.1 Å². The molecule has 0 saturated carbocycles. The number of esters is 2. The highest BCUT2D eigenvalue weighted by atomic mass is 19.1. The van der Waals surface area contributed by atoms with Crippen LogP contribution in [0, 0.1) is 22.9 Å². The summed E-state index contributed by atoms with van der Waals surface area (Å²) < 4.78 is 24.0. The molecule has 0 fully saturated rings. The Balaban J connectivity index is 2.76. The van der Waals surface area contributed by atoms with Crippen LogP contribution in [0.25, 0.3) is 0 Å². The number of hydrogen-bond donors (Lipinski definition) is 0. The number of carbonyl (C=O) groups is 2. The predicted octanol–water partition coefficient (Wildman–Crippen LogP) is 2.53. The minimum atomic E-state index is -0.936. The number of carbonyl (C=O) groups excluding carboxylic acids is 2. The standard InChI is InChI=1S/C17H15FN2O6/c1-10-8-11(20(23)24)9-13(18)14(10)19-7-5-4-6-12(16(21)25-2)15(19)17(22)26-3/h4-9H,1-3H3. The van der Waals surface area contributed by atoms with Gasteiger partial charge in [-0.2, -0.15) is 0 Å². The van der Waals surface area contributed by atoms with Crippen molar-refractivity contribution in [3.63, 3.8) is 0 Å². The molecule has 26 heavy (non-hydrogen) atoms. The molecule has 0 aliphatic carbocycles. The fourth-order valence-electron chi connectivity index (χ4n) is 2.47. The van der Waals surface area contributed by atoms with Gasteiger partial charge in [0.2, 0.25) is 0 Å². The highest BCUT2D eigenvalue weighted by Gasteiger charge is 2.30. The maximum Gasteiger partial charge on any atom is 0.355 e. The van der Waals surface area contributed by atoms with Gasteiger partial charge < -0.3 is 14.4 Å². The van der Waals surface area contributed by atoms with Crippen molar-refractivity contribution in [3.05, 3.63) is 69.3 Å². The first-order valence-corrected chi connectivity index (χ1v) is 7.31. The number of nitro benzene ring substituents is 1. The number of rotatable bonds is 4. The van der Waals surface area contributed by atoms with Crippen LogP contribution in [-0.2, 0) is 19.1 Å². The van der Waals surface area contributed by atoms with E-state index in [1.54, 1.807) is 0 Å². The van der Waals surface area contributed by atoms with Crippen LogP contribution in [0.4, 0.5) is 15.8 Å². The second-order valence-electron chi connectivity index (χ2n) is 5.17. The van der Waals surface area contributed by atoms with Crippen molar-refractivity contribution in [1.29, 1.82) is 0 Å². The highest BCUT2D eigenvalue weighted by Crippen LogP contribution is 2.33. The van der Waals surface area contributed by atoms with Crippen molar-refractivity contribution in [2.45, 2.75) is 6.92 Å². The van der Waals surface area contributed by atoms with Crippen LogP contribution in [0.5, 0.6) is 0 Å². The van der Waals surface area contributed by atoms with E-state index >= 15 is 0 Å². The van der Waals surface area contributed by atoms with Crippen molar-refractivity contribution in [3.8, 4) is 0 Å². The first kappa shape index (κ1) is 18.8. The molecule has 0 radical (unpaired) electrons. The van der Waals surface area contributed by atoms with Gasteiger partial charge in [-0.1, -0.05) is 6.08 Å². The molecule has 1 heterocycles. The molecule has 1 aliphatic heterocycles. The summed E-state index contributed by atoms with van der Waals surface area (Å²) in [6, 6.07) is 1.90. The summed E-state index contributed by atoms with van der Waals surface area (Å²) in [5.74, 6) is -2.66. The zero-order chi connectivity index (χ0) is 19.4. The SMILES string of the molecule is COC(=O)C1=C(C(=O)OC)N(c2c(C)cc([N+](=O)[O-])cc2F)C=CC=C1. The lowest BCUT2D eigenvalue weighted by atomic mass is 10.1. The summed E-state index contributed by atoms with van der Waals surface area (Å²) in [5, 5.41) is 10.9. The Morgan fingerprint density at radius 2 is 1.81 bits per heavy atom. The van der Waals surface area contributed by atoms with E-state index in [0.29, 0.717) is 0 Å². The Kier molecular flexibility index (Phi) is 5.51. The molecular weight excluding hydrogens is 347 g/mol. The Labute approximate surface area is 147 Å². The van der Waals surface area contributed by atoms with E-state index in [1.807, 2.05) is 0 Å². The molecule has 2 rings (SSSR count). The molecule has 1 aliphatic rings. The second-order valence-corrected chi connectivity index (χ2v) is 5.17. The first-order valence-electron chi connectivity index (χ1n) is 7.31. The Hall–Kier alpha value is -3.49. The lowest BCUT2D eigenvalue weighted by Gasteiger charge is -2.25. The van der Waals surface area contributed by atoms with E-state index in [0.717, 1.165) is 31.3 Å². The fraction of sp³-hybridized carbons (Fsp3) is 0.176. The average Bonchev–Trinajstić information content (AvgIpc) is 2.82. The maximum absolute atomic E-state index is 14.6. The van der Waals surface area contributed by atoms with Gasteiger partial charge in [-0.05, 0) is 24.6 Å². The number of nitrogens with zero attached hydrogens (tertiary/aromatic N) is 2. The Morgan fingerprint density at radius 1 is 1.15 bits per heavy atom. The summed E-state index contributed by atoms with van der Waals surface area (Å²) >= 11 is 0. The Bertz CT molecular complexity index is 849. The third kappa shape index (κ3) is 3.46. The van der Waals surface area contributed by atoms with Gasteiger partial charge in [0.05, 0.1) is 36.5 Å². The lowest BCUT2D eigenvalue weighted by Crippen LogP contribution is -2.28. The number of aryl methyl sites for hydroxylation is 1. The van der Waals surface area contributed by atoms with Gasteiger partial charge >= 0.3 is 11.9 Å². The van der Waals surface area contributed by atoms with Crippen LogP contribution in [0.2, 0.25) is 0 Å². The van der Waals surface area contributed by atoms with Gasteiger partial charge in [-0.25, -0.2) is 14.0 Å². The van der Waals surface area contributed by atoms with Crippen LogP contribution in [0.3, 0.4) is 0 Å². The van der Waals surface area contributed by atoms with Gasteiger partial charge in [0.25, 0.3) is 5.69 Å². The molecule has 0 bridgehead atoms. The number of ether oxygens (including phenoxy) is 2. The van der Waals surface area contributed by atoms with E-state index in [4.69, 9.17) is 4.74 Å². The number of allylic oxidation sites excluding steroid dienone is 2.